The number of ether oxygens (including phenoxy) is 1. The number of halogens is 1. The molecule has 0 spiro atoms. The zero-order chi connectivity index (χ0) is 20.7. The Morgan fingerprint density at radius 2 is 1.90 bits per heavy atom. The molecule has 0 saturated carbocycles. The second-order valence-corrected chi connectivity index (χ2v) is 8.45. The molecule has 1 fully saturated rings. The summed E-state index contributed by atoms with van der Waals surface area (Å²) < 4.78 is 44.9. The van der Waals surface area contributed by atoms with Crippen LogP contribution in [0.3, 0.4) is 0 Å². The lowest BCUT2D eigenvalue weighted by molar-refractivity contribution is -0.121. The van der Waals surface area contributed by atoms with Crippen molar-refractivity contribution in [3.63, 3.8) is 0 Å². The SMILES string of the molecule is O=C(CCc1ccc(S(=O)(=O)N2CCOCC2)cc1)N/N=C/c1cccc(F)c1. The third-order valence-corrected chi connectivity index (χ3v) is 6.34. The Morgan fingerprint density at radius 1 is 1.17 bits per heavy atom. The molecule has 2 aromatic rings. The molecule has 2 aromatic carbocycles. The van der Waals surface area contributed by atoms with Gasteiger partial charge in [-0.05, 0) is 41.8 Å². The van der Waals surface area contributed by atoms with Gasteiger partial charge in [0.05, 0.1) is 24.3 Å². The Kier molecular flexibility index (Phi) is 7.08. The Labute approximate surface area is 169 Å². The van der Waals surface area contributed by atoms with Gasteiger partial charge in [0.2, 0.25) is 15.9 Å². The van der Waals surface area contributed by atoms with Gasteiger partial charge in [0.25, 0.3) is 0 Å². The Balaban J connectivity index is 1.50. The van der Waals surface area contributed by atoms with Crippen molar-refractivity contribution in [1.82, 2.24) is 9.73 Å². The van der Waals surface area contributed by atoms with Crippen molar-refractivity contribution in [2.75, 3.05) is 26.3 Å². The maximum absolute atomic E-state index is 13.1. The molecular formula is C20H22FN3O4S. The van der Waals surface area contributed by atoms with Crippen molar-refractivity contribution in [3.05, 3.63) is 65.5 Å². The highest BCUT2D eigenvalue weighted by molar-refractivity contribution is 7.89. The van der Waals surface area contributed by atoms with Gasteiger partial charge in [-0.1, -0.05) is 24.3 Å². The number of amides is 1. The summed E-state index contributed by atoms with van der Waals surface area (Å²) in [5.41, 5.74) is 3.78. The van der Waals surface area contributed by atoms with Gasteiger partial charge >= 0.3 is 0 Å². The second kappa shape index (κ2) is 9.73. The van der Waals surface area contributed by atoms with Crippen LogP contribution < -0.4 is 5.43 Å². The molecule has 154 valence electrons. The van der Waals surface area contributed by atoms with E-state index in [2.05, 4.69) is 10.5 Å². The largest absolute Gasteiger partial charge is 0.379 e. The molecule has 1 heterocycles. The topological polar surface area (TPSA) is 88.1 Å². The highest BCUT2D eigenvalue weighted by Gasteiger charge is 2.26. The summed E-state index contributed by atoms with van der Waals surface area (Å²) >= 11 is 0. The van der Waals surface area contributed by atoms with E-state index in [1.165, 1.54) is 22.7 Å². The minimum absolute atomic E-state index is 0.191. The third kappa shape index (κ3) is 5.93. The minimum atomic E-state index is -3.52. The number of nitrogens with one attached hydrogen (secondary N) is 1. The van der Waals surface area contributed by atoms with Gasteiger partial charge in [-0.25, -0.2) is 18.2 Å². The van der Waals surface area contributed by atoms with E-state index in [0.717, 1.165) is 5.56 Å². The lowest BCUT2D eigenvalue weighted by atomic mass is 10.1. The Bertz CT molecular complexity index is 971. The summed E-state index contributed by atoms with van der Waals surface area (Å²) in [6.45, 7) is 1.49. The molecular weight excluding hydrogens is 397 g/mol. The molecule has 1 aliphatic rings. The summed E-state index contributed by atoms with van der Waals surface area (Å²) in [6, 6.07) is 12.4. The zero-order valence-corrected chi connectivity index (χ0v) is 16.6. The number of nitrogens with zero attached hydrogens (tertiary/aromatic N) is 2. The van der Waals surface area contributed by atoms with Gasteiger partial charge < -0.3 is 4.74 Å². The maximum Gasteiger partial charge on any atom is 0.243 e. The number of hydrogen-bond donors (Lipinski definition) is 1. The highest BCUT2D eigenvalue weighted by Crippen LogP contribution is 2.18. The number of carbonyl (C=O) groups is 1. The molecule has 1 aliphatic heterocycles. The predicted molar refractivity (Wildman–Crippen MR) is 106 cm³/mol. The number of carbonyl (C=O) groups excluding carboxylic acids is 1. The van der Waals surface area contributed by atoms with Gasteiger partial charge in [0, 0.05) is 19.5 Å². The Hall–Kier alpha value is -2.62. The van der Waals surface area contributed by atoms with E-state index in [9.17, 15) is 17.6 Å². The summed E-state index contributed by atoms with van der Waals surface area (Å²) in [6.07, 6.45) is 2.00. The van der Waals surface area contributed by atoms with Crippen LogP contribution in [-0.2, 0) is 26.0 Å². The average Bonchev–Trinajstić information content (AvgIpc) is 2.73. The van der Waals surface area contributed by atoms with E-state index in [-0.39, 0.29) is 23.0 Å². The molecule has 9 heteroatoms. The number of sulfonamides is 1. The van der Waals surface area contributed by atoms with E-state index in [1.54, 1.807) is 36.4 Å². The van der Waals surface area contributed by atoms with Crippen LogP contribution in [0.5, 0.6) is 0 Å². The summed E-state index contributed by atoms with van der Waals surface area (Å²) in [7, 11) is -3.52. The van der Waals surface area contributed by atoms with Crippen molar-refractivity contribution in [2.24, 2.45) is 5.10 Å². The molecule has 0 unspecified atom stereocenters. The molecule has 1 N–H and O–H groups in total. The normalized spacial score (nSPS) is 15.5. The smallest absolute Gasteiger partial charge is 0.243 e. The molecule has 1 saturated heterocycles. The number of hydrogen-bond acceptors (Lipinski definition) is 5. The molecule has 0 aliphatic carbocycles. The van der Waals surface area contributed by atoms with Crippen molar-refractivity contribution in [2.45, 2.75) is 17.7 Å². The van der Waals surface area contributed by atoms with Crippen LogP contribution in [0.1, 0.15) is 17.5 Å². The van der Waals surface area contributed by atoms with Crippen LogP contribution in [0.2, 0.25) is 0 Å². The van der Waals surface area contributed by atoms with E-state index >= 15 is 0 Å². The highest BCUT2D eigenvalue weighted by atomic mass is 32.2. The predicted octanol–water partition coefficient (Wildman–Crippen LogP) is 1.93. The van der Waals surface area contributed by atoms with Crippen molar-refractivity contribution >= 4 is 22.1 Å². The quantitative estimate of drug-likeness (QED) is 0.549. The number of morpholine rings is 1. The molecule has 0 radical (unpaired) electrons. The molecule has 29 heavy (non-hydrogen) atoms. The average molecular weight is 419 g/mol. The summed E-state index contributed by atoms with van der Waals surface area (Å²) in [5, 5.41) is 3.81. The number of rotatable bonds is 7. The van der Waals surface area contributed by atoms with E-state index < -0.39 is 10.0 Å². The lowest BCUT2D eigenvalue weighted by Crippen LogP contribution is -2.40. The van der Waals surface area contributed by atoms with E-state index in [4.69, 9.17) is 4.74 Å². The molecule has 7 nitrogen and oxygen atoms in total. The van der Waals surface area contributed by atoms with Gasteiger partial charge in [-0.2, -0.15) is 9.41 Å². The first-order valence-corrected chi connectivity index (χ1v) is 10.6. The Morgan fingerprint density at radius 3 is 2.59 bits per heavy atom. The standard InChI is InChI=1S/C20H22FN3O4S/c21-18-3-1-2-17(14-18)15-22-23-20(25)9-6-16-4-7-19(8-5-16)29(26,27)24-10-12-28-13-11-24/h1-5,7-8,14-15H,6,9-13H2,(H,23,25)/b22-15+. The van der Waals surface area contributed by atoms with Gasteiger partial charge in [-0.15, -0.1) is 0 Å². The maximum atomic E-state index is 13.1. The number of aryl methyl sites for hydroxylation is 1. The minimum Gasteiger partial charge on any atom is -0.379 e. The van der Waals surface area contributed by atoms with E-state index in [0.29, 0.717) is 38.3 Å². The van der Waals surface area contributed by atoms with Crippen LogP contribution in [0, 0.1) is 5.82 Å². The van der Waals surface area contributed by atoms with Gasteiger partial charge in [0.1, 0.15) is 5.82 Å². The van der Waals surface area contributed by atoms with E-state index in [1.807, 2.05) is 0 Å². The van der Waals surface area contributed by atoms with Gasteiger partial charge in [0.15, 0.2) is 0 Å². The van der Waals surface area contributed by atoms with Crippen LogP contribution in [0.4, 0.5) is 4.39 Å². The third-order valence-electron chi connectivity index (χ3n) is 4.42. The van der Waals surface area contributed by atoms with Crippen LogP contribution in [0.25, 0.3) is 0 Å². The monoisotopic (exact) mass is 419 g/mol. The lowest BCUT2D eigenvalue weighted by Gasteiger charge is -2.26. The fourth-order valence-corrected chi connectivity index (χ4v) is 4.25. The van der Waals surface area contributed by atoms with Crippen molar-refractivity contribution in [1.29, 1.82) is 0 Å². The first-order chi connectivity index (χ1) is 13.9. The fourth-order valence-electron chi connectivity index (χ4n) is 2.84. The van der Waals surface area contributed by atoms with Crippen molar-refractivity contribution < 1.29 is 22.3 Å². The number of hydrazone groups is 1. The molecule has 1 amide bonds. The molecule has 0 bridgehead atoms. The van der Waals surface area contributed by atoms with Crippen LogP contribution in [0.15, 0.2) is 58.5 Å². The van der Waals surface area contributed by atoms with Crippen molar-refractivity contribution in [3.8, 4) is 0 Å². The molecule has 3 rings (SSSR count). The van der Waals surface area contributed by atoms with Crippen LogP contribution in [-0.4, -0.2) is 51.1 Å². The molecule has 0 atom stereocenters. The number of benzene rings is 2. The summed E-state index contributed by atoms with van der Waals surface area (Å²) in [4.78, 5) is 12.1. The fraction of sp³-hybridized carbons (Fsp3) is 0.300. The zero-order valence-electron chi connectivity index (χ0n) is 15.8. The van der Waals surface area contributed by atoms with Crippen LogP contribution >= 0.6 is 0 Å². The first kappa shape index (κ1) is 21.1. The molecule has 0 aromatic heterocycles. The van der Waals surface area contributed by atoms with Gasteiger partial charge in [-0.3, -0.25) is 4.79 Å². The summed E-state index contributed by atoms with van der Waals surface area (Å²) in [5.74, 6) is -0.665. The first-order valence-electron chi connectivity index (χ1n) is 9.19. The second-order valence-electron chi connectivity index (χ2n) is 6.51.